The predicted molar refractivity (Wildman–Crippen MR) is 73.4 cm³/mol. The zero-order valence-electron chi connectivity index (χ0n) is 11.6. The standard InChI is InChI=1S/C14H29N3/c1-16(2)11-13-6-9-17(10-7-13)12-14-5-3-4-8-15-14/h13-15H,3-12H2,1-2H3. The Balaban J connectivity index is 1.64. The summed E-state index contributed by atoms with van der Waals surface area (Å²) in [5.74, 6) is 0.931. The van der Waals surface area contributed by atoms with E-state index < -0.39 is 0 Å². The van der Waals surface area contributed by atoms with Gasteiger partial charge in [0.05, 0.1) is 0 Å². The Kier molecular flexibility index (Phi) is 5.26. The van der Waals surface area contributed by atoms with Crippen molar-refractivity contribution < 1.29 is 0 Å². The minimum atomic E-state index is 0.772. The number of hydrogen-bond donors (Lipinski definition) is 1. The van der Waals surface area contributed by atoms with Gasteiger partial charge in [0.25, 0.3) is 0 Å². The lowest BCUT2D eigenvalue weighted by molar-refractivity contribution is 0.144. The molecule has 2 aliphatic heterocycles. The van der Waals surface area contributed by atoms with Gasteiger partial charge in [-0.2, -0.15) is 0 Å². The lowest BCUT2D eigenvalue weighted by Crippen LogP contribution is -2.46. The summed E-state index contributed by atoms with van der Waals surface area (Å²) in [5, 5.41) is 3.66. The van der Waals surface area contributed by atoms with Gasteiger partial charge in [-0.15, -0.1) is 0 Å². The Morgan fingerprint density at radius 3 is 2.47 bits per heavy atom. The molecule has 2 saturated heterocycles. The lowest BCUT2D eigenvalue weighted by atomic mass is 9.95. The summed E-state index contributed by atoms with van der Waals surface area (Å²) in [4.78, 5) is 5.01. The maximum absolute atomic E-state index is 3.66. The number of rotatable bonds is 4. The second-order valence-corrected chi connectivity index (χ2v) is 6.15. The molecule has 0 aromatic heterocycles. The molecule has 2 heterocycles. The van der Waals surface area contributed by atoms with E-state index in [4.69, 9.17) is 0 Å². The van der Waals surface area contributed by atoms with Crippen molar-refractivity contribution in [3.05, 3.63) is 0 Å². The molecule has 3 nitrogen and oxygen atoms in total. The highest BCUT2D eigenvalue weighted by Gasteiger charge is 2.22. The highest BCUT2D eigenvalue weighted by atomic mass is 15.2. The Bertz CT molecular complexity index is 204. The van der Waals surface area contributed by atoms with E-state index in [1.807, 2.05) is 0 Å². The van der Waals surface area contributed by atoms with E-state index in [1.165, 1.54) is 64.8 Å². The molecule has 0 aromatic carbocycles. The van der Waals surface area contributed by atoms with Crippen molar-refractivity contribution in [3.63, 3.8) is 0 Å². The smallest absolute Gasteiger partial charge is 0.0195 e. The van der Waals surface area contributed by atoms with Crippen molar-refractivity contribution in [2.24, 2.45) is 5.92 Å². The summed E-state index contributed by atoms with van der Waals surface area (Å²) >= 11 is 0. The highest BCUT2D eigenvalue weighted by molar-refractivity contribution is 4.80. The third-order valence-electron chi connectivity index (χ3n) is 4.22. The zero-order chi connectivity index (χ0) is 12.1. The highest BCUT2D eigenvalue weighted by Crippen LogP contribution is 2.19. The molecule has 0 saturated carbocycles. The first-order valence-electron chi connectivity index (χ1n) is 7.34. The van der Waals surface area contributed by atoms with Gasteiger partial charge in [0.2, 0.25) is 0 Å². The van der Waals surface area contributed by atoms with Crippen molar-refractivity contribution in [1.82, 2.24) is 15.1 Å². The van der Waals surface area contributed by atoms with Crippen molar-refractivity contribution in [1.29, 1.82) is 0 Å². The summed E-state index contributed by atoms with van der Waals surface area (Å²) in [6.07, 6.45) is 6.98. The Labute approximate surface area is 107 Å². The first-order chi connectivity index (χ1) is 8.24. The molecule has 0 aliphatic carbocycles. The lowest BCUT2D eigenvalue weighted by Gasteiger charge is -2.36. The molecule has 0 amide bonds. The van der Waals surface area contributed by atoms with E-state index in [0.29, 0.717) is 0 Å². The van der Waals surface area contributed by atoms with Crippen LogP contribution >= 0.6 is 0 Å². The monoisotopic (exact) mass is 239 g/mol. The van der Waals surface area contributed by atoms with Gasteiger partial charge in [-0.3, -0.25) is 0 Å². The van der Waals surface area contributed by atoms with Gasteiger partial charge in [-0.1, -0.05) is 6.42 Å². The van der Waals surface area contributed by atoms with Crippen LogP contribution in [0.3, 0.4) is 0 Å². The minimum Gasteiger partial charge on any atom is -0.313 e. The molecule has 2 aliphatic rings. The fourth-order valence-corrected chi connectivity index (χ4v) is 3.26. The van der Waals surface area contributed by atoms with Gasteiger partial charge in [-0.25, -0.2) is 0 Å². The van der Waals surface area contributed by atoms with Crippen LogP contribution in [-0.2, 0) is 0 Å². The van der Waals surface area contributed by atoms with Gasteiger partial charge in [0.15, 0.2) is 0 Å². The molecule has 17 heavy (non-hydrogen) atoms. The summed E-state index contributed by atoms with van der Waals surface area (Å²) in [5.41, 5.74) is 0. The fraction of sp³-hybridized carbons (Fsp3) is 1.00. The van der Waals surface area contributed by atoms with Crippen LogP contribution in [0, 0.1) is 5.92 Å². The summed E-state index contributed by atoms with van der Waals surface area (Å²) in [6, 6.07) is 0.772. The minimum absolute atomic E-state index is 0.772. The maximum atomic E-state index is 3.66. The van der Waals surface area contributed by atoms with E-state index in [0.717, 1.165) is 12.0 Å². The Hall–Kier alpha value is -0.120. The molecule has 1 atom stereocenters. The van der Waals surface area contributed by atoms with Crippen LogP contribution in [0.2, 0.25) is 0 Å². The molecule has 1 unspecified atom stereocenters. The average Bonchev–Trinajstić information content (AvgIpc) is 2.32. The molecule has 0 spiro atoms. The van der Waals surface area contributed by atoms with Crippen molar-refractivity contribution >= 4 is 0 Å². The number of likely N-dealkylation sites (tertiary alicyclic amines) is 1. The van der Waals surface area contributed by atoms with Crippen molar-refractivity contribution in [2.45, 2.75) is 38.1 Å². The van der Waals surface area contributed by atoms with E-state index in [9.17, 15) is 0 Å². The molecular weight excluding hydrogens is 210 g/mol. The Morgan fingerprint density at radius 1 is 1.12 bits per heavy atom. The van der Waals surface area contributed by atoms with Gasteiger partial charge < -0.3 is 15.1 Å². The maximum Gasteiger partial charge on any atom is 0.0195 e. The summed E-state index contributed by atoms with van der Waals surface area (Å²) < 4.78 is 0. The van der Waals surface area contributed by atoms with Crippen LogP contribution in [0.1, 0.15) is 32.1 Å². The number of piperidine rings is 2. The number of nitrogens with zero attached hydrogens (tertiary/aromatic N) is 2. The molecule has 2 rings (SSSR count). The van der Waals surface area contributed by atoms with Crippen LogP contribution in [0.25, 0.3) is 0 Å². The Morgan fingerprint density at radius 2 is 1.88 bits per heavy atom. The number of nitrogens with one attached hydrogen (secondary N) is 1. The SMILES string of the molecule is CN(C)CC1CCN(CC2CCCCN2)CC1. The molecule has 2 fully saturated rings. The molecule has 0 aromatic rings. The second-order valence-electron chi connectivity index (χ2n) is 6.15. The molecular formula is C14H29N3. The van der Waals surface area contributed by atoms with E-state index in [-0.39, 0.29) is 0 Å². The van der Waals surface area contributed by atoms with E-state index in [2.05, 4.69) is 29.2 Å². The average molecular weight is 239 g/mol. The molecule has 1 N–H and O–H groups in total. The largest absolute Gasteiger partial charge is 0.313 e. The topological polar surface area (TPSA) is 18.5 Å². The van der Waals surface area contributed by atoms with Crippen molar-refractivity contribution in [2.75, 3.05) is 46.8 Å². The van der Waals surface area contributed by atoms with Gasteiger partial charge in [0, 0.05) is 19.1 Å². The van der Waals surface area contributed by atoms with Crippen molar-refractivity contribution in [3.8, 4) is 0 Å². The number of hydrogen-bond acceptors (Lipinski definition) is 3. The summed E-state index contributed by atoms with van der Waals surface area (Å²) in [7, 11) is 4.39. The third-order valence-corrected chi connectivity index (χ3v) is 4.22. The predicted octanol–water partition coefficient (Wildman–Crippen LogP) is 1.40. The van der Waals surface area contributed by atoms with Crippen LogP contribution in [-0.4, -0.2) is 62.7 Å². The van der Waals surface area contributed by atoms with Crippen LogP contribution in [0.5, 0.6) is 0 Å². The van der Waals surface area contributed by atoms with Gasteiger partial charge in [0.1, 0.15) is 0 Å². The van der Waals surface area contributed by atoms with Crippen LogP contribution in [0.4, 0.5) is 0 Å². The quantitative estimate of drug-likeness (QED) is 0.800. The first-order valence-corrected chi connectivity index (χ1v) is 7.34. The molecule has 100 valence electrons. The second kappa shape index (κ2) is 6.72. The van der Waals surface area contributed by atoms with Crippen LogP contribution in [0.15, 0.2) is 0 Å². The summed E-state index contributed by atoms with van der Waals surface area (Å²) in [6.45, 7) is 6.43. The normalized spacial score (nSPS) is 28.8. The zero-order valence-corrected chi connectivity index (χ0v) is 11.6. The van der Waals surface area contributed by atoms with E-state index in [1.54, 1.807) is 0 Å². The molecule has 0 bridgehead atoms. The molecule has 0 radical (unpaired) electrons. The first kappa shape index (κ1) is 13.3. The van der Waals surface area contributed by atoms with Crippen LogP contribution < -0.4 is 5.32 Å². The third kappa shape index (κ3) is 4.57. The van der Waals surface area contributed by atoms with E-state index >= 15 is 0 Å². The molecule has 3 heteroatoms. The van der Waals surface area contributed by atoms with Gasteiger partial charge in [-0.05, 0) is 65.3 Å². The fourth-order valence-electron chi connectivity index (χ4n) is 3.26. The van der Waals surface area contributed by atoms with Gasteiger partial charge >= 0.3 is 0 Å².